The second-order valence-electron chi connectivity index (χ2n) is 8.37. The molecule has 1 aromatic rings. The molecule has 1 atom stereocenters. The zero-order chi connectivity index (χ0) is 19.1. The molecule has 160 valence electrons. The number of halogens is 1. The Kier molecular flexibility index (Phi) is 10.0. The molecular formula is C21H39IN6. The molecule has 3 rings (SSSR count). The van der Waals surface area contributed by atoms with E-state index in [0.717, 1.165) is 31.5 Å². The molecule has 1 aliphatic carbocycles. The fourth-order valence-corrected chi connectivity index (χ4v) is 4.61. The van der Waals surface area contributed by atoms with E-state index in [1.165, 1.54) is 63.6 Å². The van der Waals surface area contributed by atoms with Gasteiger partial charge in [-0.3, -0.25) is 14.6 Å². The molecule has 6 nitrogen and oxygen atoms in total. The van der Waals surface area contributed by atoms with Crippen LogP contribution in [-0.4, -0.2) is 64.8 Å². The lowest BCUT2D eigenvalue weighted by molar-refractivity contribution is 0.190. The van der Waals surface area contributed by atoms with Crippen molar-refractivity contribution in [2.75, 3.05) is 33.2 Å². The summed E-state index contributed by atoms with van der Waals surface area (Å²) >= 11 is 0. The van der Waals surface area contributed by atoms with E-state index in [2.05, 4.69) is 40.4 Å². The van der Waals surface area contributed by atoms with Crippen molar-refractivity contribution in [3.05, 3.63) is 18.0 Å². The zero-order valence-electron chi connectivity index (χ0n) is 17.9. The molecule has 0 amide bonds. The molecule has 1 unspecified atom stereocenters. The highest BCUT2D eigenvalue weighted by Gasteiger charge is 2.27. The molecule has 0 aromatic carbocycles. The predicted octanol–water partition coefficient (Wildman–Crippen LogP) is 3.48. The Morgan fingerprint density at radius 1 is 1.25 bits per heavy atom. The van der Waals surface area contributed by atoms with Crippen molar-refractivity contribution in [2.45, 2.75) is 64.5 Å². The monoisotopic (exact) mass is 502 g/mol. The molecule has 1 saturated carbocycles. The molecular weight excluding hydrogens is 463 g/mol. The molecule has 0 radical (unpaired) electrons. The highest BCUT2D eigenvalue weighted by molar-refractivity contribution is 14.0. The van der Waals surface area contributed by atoms with Crippen molar-refractivity contribution < 1.29 is 0 Å². The van der Waals surface area contributed by atoms with E-state index < -0.39 is 0 Å². The minimum Gasteiger partial charge on any atom is -0.357 e. The Morgan fingerprint density at radius 3 is 2.71 bits per heavy atom. The number of hydrogen-bond acceptors (Lipinski definition) is 3. The summed E-state index contributed by atoms with van der Waals surface area (Å²) < 4.78 is 1.86. The van der Waals surface area contributed by atoms with Gasteiger partial charge in [0, 0.05) is 51.5 Å². The van der Waals surface area contributed by atoms with E-state index in [-0.39, 0.29) is 24.0 Å². The largest absolute Gasteiger partial charge is 0.357 e. The van der Waals surface area contributed by atoms with Crippen LogP contribution in [0.2, 0.25) is 0 Å². The smallest absolute Gasteiger partial charge is 0.194 e. The number of nitrogens with one attached hydrogen (secondary N) is 1. The van der Waals surface area contributed by atoms with E-state index >= 15 is 0 Å². The number of rotatable bonds is 7. The lowest BCUT2D eigenvalue weighted by Gasteiger charge is -2.30. The third-order valence-corrected chi connectivity index (χ3v) is 6.04. The Bertz CT molecular complexity index is 595. The first-order chi connectivity index (χ1) is 13.2. The summed E-state index contributed by atoms with van der Waals surface area (Å²) in [6.45, 7) is 7.33. The van der Waals surface area contributed by atoms with Crippen LogP contribution in [0, 0.1) is 5.92 Å². The molecule has 2 heterocycles. The Balaban J connectivity index is 0.00000280. The summed E-state index contributed by atoms with van der Waals surface area (Å²) in [4.78, 5) is 9.94. The van der Waals surface area contributed by atoms with E-state index in [4.69, 9.17) is 4.99 Å². The summed E-state index contributed by atoms with van der Waals surface area (Å²) in [6.07, 6.45) is 13.8. The van der Waals surface area contributed by atoms with Crippen molar-refractivity contribution in [1.82, 2.24) is 24.9 Å². The lowest BCUT2D eigenvalue weighted by Crippen LogP contribution is -2.41. The van der Waals surface area contributed by atoms with Gasteiger partial charge < -0.3 is 10.2 Å². The summed E-state index contributed by atoms with van der Waals surface area (Å²) in [5.74, 6) is 1.93. The number of guanidine groups is 1. The maximum atomic E-state index is 5.00. The van der Waals surface area contributed by atoms with Crippen molar-refractivity contribution in [1.29, 1.82) is 0 Å². The number of aromatic nitrogens is 2. The first-order valence-corrected chi connectivity index (χ1v) is 10.9. The molecule has 1 aliphatic heterocycles. The fourth-order valence-electron chi connectivity index (χ4n) is 4.61. The number of aryl methyl sites for hydroxylation is 1. The maximum absolute atomic E-state index is 5.00. The van der Waals surface area contributed by atoms with Crippen molar-refractivity contribution in [3.63, 3.8) is 0 Å². The Labute approximate surface area is 188 Å². The van der Waals surface area contributed by atoms with Crippen LogP contribution < -0.4 is 5.32 Å². The van der Waals surface area contributed by atoms with Crippen LogP contribution in [0.4, 0.5) is 0 Å². The maximum Gasteiger partial charge on any atom is 0.194 e. The zero-order valence-corrected chi connectivity index (χ0v) is 20.3. The van der Waals surface area contributed by atoms with Crippen molar-refractivity contribution >= 4 is 29.9 Å². The van der Waals surface area contributed by atoms with Crippen LogP contribution in [0.5, 0.6) is 0 Å². The fraction of sp³-hybridized carbons (Fsp3) is 0.810. The van der Waals surface area contributed by atoms with Gasteiger partial charge in [0.2, 0.25) is 0 Å². The Hall–Kier alpha value is -0.830. The van der Waals surface area contributed by atoms with Crippen LogP contribution in [-0.2, 0) is 13.6 Å². The van der Waals surface area contributed by atoms with Gasteiger partial charge in [0.15, 0.2) is 5.96 Å². The SMILES string of the molecule is CCNC(=NCC1CCCN1CC1CCCCC1)N(C)Cc1cnn(C)c1.I. The predicted molar refractivity (Wildman–Crippen MR) is 127 cm³/mol. The third-order valence-electron chi connectivity index (χ3n) is 6.04. The van der Waals surface area contributed by atoms with Crippen molar-refractivity contribution in [3.8, 4) is 0 Å². The third kappa shape index (κ3) is 6.90. The molecule has 1 aromatic heterocycles. The van der Waals surface area contributed by atoms with E-state index in [1.807, 2.05) is 17.9 Å². The van der Waals surface area contributed by atoms with Gasteiger partial charge in [0.1, 0.15) is 0 Å². The molecule has 28 heavy (non-hydrogen) atoms. The number of likely N-dealkylation sites (tertiary alicyclic amines) is 1. The summed E-state index contributed by atoms with van der Waals surface area (Å²) in [6, 6.07) is 0.618. The number of nitrogens with zero attached hydrogens (tertiary/aromatic N) is 5. The van der Waals surface area contributed by atoms with Gasteiger partial charge >= 0.3 is 0 Å². The highest BCUT2D eigenvalue weighted by atomic mass is 127. The number of hydrogen-bond donors (Lipinski definition) is 1. The minimum absolute atomic E-state index is 0. The second kappa shape index (κ2) is 12.0. The average Bonchev–Trinajstić information content (AvgIpc) is 3.28. The summed E-state index contributed by atoms with van der Waals surface area (Å²) in [5, 5.41) is 7.73. The molecule has 2 fully saturated rings. The van der Waals surface area contributed by atoms with Crippen LogP contribution in [0.1, 0.15) is 57.4 Å². The van der Waals surface area contributed by atoms with Gasteiger partial charge in [-0.2, -0.15) is 5.10 Å². The van der Waals surface area contributed by atoms with E-state index in [0.29, 0.717) is 6.04 Å². The second-order valence-corrected chi connectivity index (χ2v) is 8.37. The average molecular weight is 502 g/mol. The topological polar surface area (TPSA) is 48.7 Å². The van der Waals surface area contributed by atoms with Gasteiger partial charge in [-0.25, -0.2) is 0 Å². The normalized spacial score (nSPS) is 21.5. The number of aliphatic imine (C=N–C) groups is 1. The summed E-state index contributed by atoms with van der Waals surface area (Å²) in [7, 11) is 4.08. The molecule has 1 N–H and O–H groups in total. The lowest BCUT2D eigenvalue weighted by atomic mass is 9.89. The molecule has 1 saturated heterocycles. The minimum atomic E-state index is 0. The molecule has 0 spiro atoms. The molecule has 7 heteroatoms. The van der Waals surface area contributed by atoms with Crippen LogP contribution in [0.3, 0.4) is 0 Å². The van der Waals surface area contributed by atoms with Gasteiger partial charge in [-0.05, 0) is 45.1 Å². The van der Waals surface area contributed by atoms with Crippen LogP contribution in [0.25, 0.3) is 0 Å². The van der Waals surface area contributed by atoms with Crippen molar-refractivity contribution in [2.24, 2.45) is 18.0 Å². The first kappa shape index (κ1) is 23.4. The molecule has 2 aliphatic rings. The first-order valence-electron chi connectivity index (χ1n) is 10.9. The van der Waals surface area contributed by atoms with Crippen LogP contribution >= 0.6 is 24.0 Å². The van der Waals surface area contributed by atoms with E-state index in [9.17, 15) is 0 Å². The van der Waals surface area contributed by atoms with Crippen LogP contribution in [0.15, 0.2) is 17.4 Å². The van der Waals surface area contributed by atoms with Gasteiger partial charge in [0.05, 0.1) is 12.7 Å². The molecule has 0 bridgehead atoms. The van der Waals surface area contributed by atoms with Gasteiger partial charge in [-0.15, -0.1) is 24.0 Å². The van der Waals surface area contributed by atoms with Gasteiger partial charge in [-0.1, -0.05) is 19.3 Å². The standard InChI is InChI=1S/C21H38N6.HI/c1-4-22-21(25(2)15-19-13-24-26(3)16-19)23-14-20-11-8-12-27(20)17-18-9-6-5-7-10-18;/h13,16,18,20H,4-12,14-15,17H2,1-3H3,(H,22,23);1H. The quantitative estimate of drug-likeness (QED) is 0.353. The van der Waals surface area contributed by atoms with Gasteiger partial charge in [0.25, 0.3) is 0 Å². The van der Waals surface area contributed by atoms with E-state index in [1.54, 1.807) is 0 Å². The summed E-state index contributed by atoms with van der Waals surface area (Å²) in [5.41, 5.74) is 1.21. The highest BCUT2D eigenvalue weighted by Crippen LogP contribution is 2.27. The Morgan fingerprint density at radius 2 is 2.04 bits per heavy atom.